The molecule has 4 heteroatoms. The highest BCUT2D eigenvalue weighted by atomic mass is 79.9. The summed E-state index contributed by atoms with van der Waals surface area (Å²) in [5, 5.41) is 18.5. The van der Waals surface area contributed by atoms with Gasteiger partial charge in [0.25, 0.3) is 0 Å². The molecule has 1 rings (SSSR count). The Hall–Kier alpha value is -0.870. The number of aliphatic carboxylic acids is 1. The Balaban J connectivity index is 2.68. The highest BCUT2D eigenvalue weighted by Crippen LogP contribution is 2.23. The molecule has 0 saturated heterocycles. The largest absolute Gasteiger partial charge is 0.481 e. The van der Waals surface area contributed by atoms with Gasteiger partial charge >= 0.3 is 5.97 Å². The molecule has 0 heterocycles. The van der Waals surface area contributed by atoms with E-state index in [1.54, 1.807) is 19.1 Å². The molecule has 0 radical (unpaired) electrons. The van der Waals surface area contributed by atoms with Crippen LogP contribution >= 0.6 is 15.9 Å². The topological polar surface area (TPSA) is 57.5 Å². The lowest BCUT2D eigenvalue weighted by atomic mass is 9.98. The molecule has 0 saturated carbocycles. The number of halogens is 1. The maximum Gasteiger partial charge on any atom is 0.306 e. The average molecular weight is 273 g/mol. The van der Waals surface area contributed by atoms with Crippen molar-refractivity contribution in [1.82, 2.24) is 0 Å². The molecule has 0 aliphatic heterocycles. The molecule has 2 unspecified atom stereocenters. The zero-order chi connectivity index (χ0) is 11.4. The molecule has 82 valence electrons. The van der Waals surface area contributed by atoms with E-state index < -0.39 is 18.0 Å². The van der Waals surface area contributed by atoms with Crippen LogP contribution in [0.25, 0.3) is 0 Å². The van der Waals surface area contributed by atoms with Gasteiger partial charge in [-0.05, 0) is 24.1 Å². The SMILES string of the molecule is CC(CC(O)c1cccc(Br)c1)C(=O)O. The van der Waals surface area contributed by atoms with Crippen LogP contribution in [0.3, 0.4) is 0 Å². The lowest BCUT2D eigenvalue weighted by Gasteiger charge is -2.13. The number of hydrogen-bond donors (Lipinski definition) is 2. The first-order valence-electron chi connectivity index (χ1n) is 4.67. The summed E-state index contributed by atoms with van der Waals surface area (Å²) in [5.74, 6) is -1.43. The minimum Gasteiger partial charge on any atom is -0.481 e. The molecular weight excluding hydrogens is 260 g/mol. The third-order valence-electron chi connectivity index (χ3n) is 2.23. The van der Waals surface area contributed by atoms with Crippen molar-refractivity contribution in [2.24, 2.45) is 5.92 Å². The first-order valence-corrected chi connectivity index (χ1v) is 5.46. The molecule has 0 fully saturated rings. The van der Waals surface area contributed by atoms with Crippen molar-refractivity contribution in [1.29, 1.82) is 0 Å². The Labute approximate surface area is 96.9 Å². The smallest absolute Gasteiger partial charge is 0.306 e. The van der Waals surface area contributed by atoms with Crippen LogP contribution in [0.1, 0.15) is 25.0 Å². The predicted octanol–water partition coefficient (Wildman–Crippen LogP) is 2.59. The lowest BCUT2D eigenvalue weighted by Crippen LogP contribution is -2.13. The first-order chi connectivity index (χ1) is 7.00. The van der Waals surface area contributed by atoms with Gasteiger partial charge in [-0.15, -0.1) is 0 Å². The Morgan fingerprint density at radius 1 is 1.53 bits per heavy atom. The van der Waals surface area contributed by atoms with E-state index in [0.29, 0.717) is 0 Å². The second-order valence-electron chi connectivity index (χ2n) is 3.55. The van der Waals surface area contributed by atoms with Gasteiger partial charge in [-0.1, -0.05) is 35.0 Å². The molecule has 0 aromatic heterocycles. The molecule has 0 bridgehead atoms. The van der Waals surface area contributed by atoms with Gasteiger partial charge in [-0.2, -0.15) is 0 Å². The number of benzene rings is 1. The molecule has 3 nitrogen and oxygen atoms in total. The summed E-state index contributed by atoms with van der Waals surface area (Å²) >= 11 is 3.30. The molecule has 0 spiro atoms. The molecule has 0 amide bonds. The Kier molecular flexibility index (Phi) is 4.29. The van der Waals surface area contributed by atoms with Gasteiger partial charge in [0.1, 0.15) is 0 Å². The standard InChI is InChI=1S/C11H13BrO3/c1-7(11(14)15)5-10(13)8-3-2-4-9(12)6-8/h2-4,6-7,10,13H,5H2,1H3,(H,14,15). The van der Waals surface area contributed by atoms with Crippen LogP contribution in [0, 0.1) is 5.92 Å². The molecule has 0 aliphatic carbocycles. The molecular formula is C11H13BrO3. The van der Waals surface area contributed by atoms with Gasteiger partial charge < -0.3 is 10.2 Å². The lowest BCUT2D eigenvalue weighted by molar-refractivity contribution is -0.142. The molecule has 1 aromatic carbocycles. The van der Waals surface area contributed by atoms with Crippen molar-refractivity contribution < 1.29 is 15.0 Å². The fraction of sp³-hybridized carbons (Fsp3) is 0.364. The highest BCUT2D eigenvalue weighted by molar-refractivity contribution is 9.10. The van der Waals surface area contributed by atoms with E-state index >= 15 is 0 Å². The van der Waals surface area contributed by atoms with E-state index in [4.69, 9.17) is 5.11 Å². The van der Waals surface area contributed by atoms with E-state index in [1.165, 1.54) is 0 Å². The number of carbonyl (C=O) groups is 1. The van der Waals surface area contributed by atoms with Crippen molar-refractivity contribution in [3.8, 4) is 0 Å². The van der Waals surface area contributed by atoms with Gasteiger partial charge in [-0.3, -0.25) is 4.79 Å². The van der Waals surface area contributed by atoms with Crippen molar-refractivity contribution in [2.75, 3.05) is 0 Å². The number of aliphatic hydroxyl groups excluding tert-OH is 1. The van der Waals surface area contributed by atoms with Crippen molar-refractivity contribution >= 4 is 21.9 Å². The van der Waals surface area contributed by atoms with Crippen LogP contribution in [0.5, 0.6) is 0 Å². The maximum absolute atomic E-state index is 10.6. The van der Waals surface area contributed by atoms with Crippen LogP contribution in [0.2, 0.25) is 0 Å². The number of hydrogen-bond acceptors (Lipinski definition) is 2. The summed E-state index contributed by atoms with van der Waals surface area (Å²) in [6.45, 7) is 1.59. The van der Waals surface area contributed by atoms with E-state index in [-0.39, 0.29) is 6.42 Å². The van der Waals surface area contributed by atoms with E-state index in [2.05, 4.69) is 15.9 Å². The summed E-state index contributed by atoms with van der Waals surface area (Å²) < 4.78 is 0.877. The van der Waals surface area contributed by atoms with Crippen LogP contribution in [0.4, 0.5) is 0 Å². The van der Waals surface area contributed by atoms with Gasteiger partial charge in [-0.25, -0.2) is 0 Å². The maximum atomic E-state index is 10.6. The number of rotatable bonds is 4. The monoisotopic (exact) mass is 272 g/mol. The zero-order valence-corrected chi connectivity index (χ0v) is 9.94. The number of carboxylic acid groups (broad SMARTS) is 1. The van der Waals surface area contributed by atoms with Crippen LogP contribution in [0.15, 0.2) is 28.7 Å². The van der Waals surface area contributed by atoms with Crippen LogP contribution in [-0.2, 0) is 4.79 Å². The van der Waals surface area contributed by atoms with Gasteiger partial charge in [0.15, 0.2) is 0 Å². The quantitative estimate of drug-likeness (QED) is 0.886. The average Bonchev–Trinajstić information content (AvgIpc) is 2.17. The summed E-state index contributed by atoms with van der Waals surface area (Å²) in [4.78, 5) is 10.6. The van der Waals surface area contributed by atoms with Crippen LogP contribution < -0.4 is 0 Å². The minimum atomic E-state index is -0.885. The third-order valence-corrected chi connectivity index (χ3v) is 2.73. The van der Waals surface area contributed by atoms with Gasteiger partial charge in [0.05, 0.1) is 12.0 Å². The second kappa shape index (κ2) is 5.28. The van der Waals surface area contributed by atoms with Gasteiger partial charge in [0.2, 0.25) is 0 Å². The highest BCUT2D eigenvalue weighted by Gasteiger charge is 2.17. The minimum absolute atomic E-state index is 0.228. The molecule has 2 N–H and O–H groups in total. The van der Waals surface area contributed by atoms with Crippen molar-refractivity contribution in [3.63, 3.8) is 0 Å². The van der Waals surface area contributed by atoms with Crippen LogP contribution in [-0.4, -0.2) is 16.2 Å². The molecule has 1 aromatic rings. The van der Waals surface area contributed by atoms with Crippen molar-refractivity contribution in [2.45, 2.75) is 19.4 Å². The molecule has 0 aliphatic rings. The van der Waals surface area contributed by atoms with E-state index in [9.17, 15) is 9.90 Å². The zero-order valence-electron chi connectivity index (χ0n) is 8.35. The Bertz CT molecular complexity index is 351. The summed E-state index contributed by atoms with van der Waals surface area (Å²) in [6, 6.07) is 7.24. The normalized spacial score (nSPS) is 14.6. The van der Waals surface area contributed by atoms with E-state index in [0.717, 1.165) is 10.0 Å². The summed E-state index contributed by atoms with van der Waals surface area (Å²) in [7, 11) is 0. The Morgan fingerprint density at radius 3 is 2.73 bits per heavy atom. The number of carboxylic acids is 1. The predicted molar refractivity (Wildman–Crippen MR) is 60.5 cm³/mol. The summed E-state index contributed by atoms with van der Waals surface area (Å²) in [6.07, 6.45) is -0.500. The fourth-order valence-electron chi connectivity index (χ4n) is 1.29. The summed E-state index contributed by atoms with van der Waals surface area (Å²) in [5.41, 5.74) is 0.734. The van der Waals surface area contributed by atoms with Gasteiger partial charge in [0, 0.05) is 4.47 Å². The Morgan fingerprint density at radius 2 is 2.20 bits per heavy atom. The fourth-order valence-corrected chi connectivity index (χ4v) is 1.70. The molecule has 15 heavy (non-hydrogen) atoms. The molecule has 2 atom stereocenters. The number of aliphatic hydroxyl groups is 1. The third kappa shape index (κ3) is 3.64. The first kappa shape index (κ1) is 12.2. The second-order valence-corrected chi connectivity index (χ2v) is 4.46. The van der Waals surface area contributed by atoms with Crippen molar-refractivity contribution in [3.05, 3.63) is 34.3 Å². The van der Waals surface area contributed by atoms with E-state index in [1.807, 2.05) is 12.1 Å².